The molecule has 0 aromatic heterocycles. The van der Waals surface area contributed by atoms with Crippen molar-refractivity contribution in [3.63, 3.8) is 0 Å². The molecule has 0 aliphatic heterocycles. The summed E-state index contributed by atoms with van der Waals surface area (Å²) in [5, 5.41) is 0. The van der Waals surface area contributed by atoms with Crippen molar-refractivity contribution in [1.29, 1.82) is 0 Å². The van der Waals surface area contributed by atoms with Crippen molar-refractivity contribution >= 4 is 0 Å². The smallest absolute Gasteiger partial charge is 0 e. The third kappa shape index (κ3) is 3.95. The molecule has 6 N–H and O–H groups in total. The molecule has 2 unspecified atom stereocenters. The molecule has 3 nitrogen and oxygen atoms in total. The van der Waals surface area contributed by atoms with Crippen LogP contribution in [0.2, 0.25) is 0 Å². The van der Waals surface area contributed by atoms with E-state index < -0.39 is 0 Å². The van der Waals surface area contributed by atoms with E-state index in [0.29, 0.717) is 0 Å². The molecule has 4 atom stereocenters. The van der Waals surface area contributed by atoms with Gasteiger partial charge in [-0.3, -0.25) is 0 Å². The van der Waals surface area contributed by atoms with Crippen molar-refractivity contribution in [3.8, 4) is 0 Å². The molecule has 0 aromatic rings. The SMILES string of the molecule is C[C-]1[C@@H](C)C(C)C(C)[C@H]1C.O.O.O.[Ir]. The molecule has 1 radical (unpaired) electrons. The maximum Gasteiger partial charge on any atom is 0 e. The van der Waals surface area contributed by atoms with Gasteiger partial charge in [-0.15, -0.1) is 0 Å². The van der Waals surface area contributed by atoms with Crippen molar-refractivity contribution in [2.75, 3.05) is 0 Å². The first-order valence-electron chi connectivity index (χ1n) is 4.39. The number of rotatable bonds is 0. The van der Waals surface area contributed by atoms with Crippen LogP contribution in [0, 0.1) is 29.6 Å². The van der Waals surface area contributed by atoms with E-state index in [9.17, 15) is 0 Å². The van der Waals surface area contributed by atoms with Crippen LogP contribution in [0.1, 0.15) is 34.6 Å². The Kier molecular flexibility index (Phi) is 15.1. The minimum atomic E-state index is 0. The van der Waals surface area contributed by atoms with Gasteiger partial charge < -0.3 is 22.3 Å². The minimum absolute atomic E-state index is 0. The third-order valence-corrected chi connectivity index (χ3v) is 3.84. The zero-order valence-electron chi connectivity index (χ0n) is 9.64. The van der Waals surface area contributed by atoms with Gasteiger partial charge in [0.05, 0.1) is 0 Å². The maximum absolute atomic E-state index is 2.38. The zero-order valence-corrected chi connectivity index (χ0v) is 12.0. The van der Waals surface area contributed by atoms with E-state index in [0.717, 1.165) is 23.7 Å². The molecule has 1 aliphatic carbocycles. The molecule has 0 aromatic carbocycles. The van der Waals surface area contributed by atoms with Crippen molar-refractivity contribution in [2.45, 2.75) is 34.6 Å². The summed E-state index contributed by atoms with van der Waals surface area (Å²) >= 11 is 0. The predicted octanol–water partition coefficient (Wildman–Crippen LogP) is 0.662. The molecule has 1 rings (SSSR count). The van der Waals surface area contributed by atoms with Gasteiger partial charge in [0.1, 0.15) is 0 Å². The Morgan fingerprint density at radius 3 is 1.00 bits per heavy atom. The molecule has 1 fully saturated rings. The number of hydrogen-bond acceptors (Lipinski definition) is 0. The van der Waals surface area contributed by atoms with Crippen LogP contribution in [-0.4, -0.2) is 16.4 Å². The van der Waals surface area contributed by atoms with Crippen LogP contribution in [-0.2, 0) is 20.1 Å². The number of hydrogen-bond donors (Lipinski definition) is 0. The van der Waals surface area contributed by atoms with Gasteiger partial charge >= 0.3 is 0 Å². The van der Waals surface area contributed by atoms with Gasteiger partial charge in [-0.1, -0.05) is 39.5 Å². The van der Waals surface area contributed by atoms with E-state index in [1.807, 2.05) is 0 Å². The molecule has 1 saturated carbocycles. The van der Waals surface area contributed by atoms with Gasteiger partial charge in [0.25, 0.3) is 0 Å². The van der Waals surface area contributed by atoms with Gasteiger partial charge in [0, 0.05) is 20.1 Å². The van der Waals surface area contributed by atoms with E-state index in [4.69, 9.17) is 0 Å². The molecule has 0 bridgehead atoms. The van der Waals surface area contributed by atoms with Crippen LogP contribution in [0.15, 0.2) is 0 Å². The third-order valence-electron chi connectivity index (χ3n) is 3.84. The van der Waals surface area contributed by atoms with E-state index >= 15 is 0 Å². The summed E-state index contributed by atoms with van der Waals surface area (Å²) in [6.45, 7) is 11.8. The summed E-state index contributed by atoms with van der Waals surface area (Å²) in [5.74, 6) is 5.21. The van der Waals surface area contributed by atoms with Crippen molar-refractivity contribution < 1.29 is 36.5 Å². The minimum Gasteiger partial charge on any atom is -0.412 e. The van der Waals surface area contributed by atoms with Gasteiger partial charge in [0.2, 0.25) is 0 Å². The Hall–Kier alpha value is 0.529. The first-order chi connectivity index (χ1) is 4.55. The molecular formula is C10H25IrO3-. The molecule has 0 saturated heterocycles. The molecular weight excluding hydrogens is 360 g/mol. The molecule has 0 spiro atoms. The Morgan fingerprint density at radius 1 is 0.714 bits per heavy atom. The fraction of sp³-hybridized carbons (Fsp3) is 0.900. The Balaban J connectivity index is -0.000000125. The molecule has 0 heterocycles. The van der Waals surface area contributed by atoms with Crippen LogP contribution in [0.25, 0.3) is 0 Å². The standard InChI is InChI=1S/C10H19.Ir.3H2O/c1-6-7(2)9(4)10(5)8(6)3;;;;/h6-9H,1-5H3;;3*1H2/q-1;;;;/t6?,7?,8-,9+;;;;. The second kappa shape index (κ2) is 8.81. The first-order valence-corrected chi connectivity index (χ1v) is 4.39. The van der Waals surface area contributed by atoms with Gasteiger partial charge in [-0.2, -0.15) is 18.8 Å². The summed E-state index contributed by atoms with van der Waals surface area (Å²) in [6, 6.07) is 0. The summed E-state index contributed by atoms with van der Waals surface area (Å²) in [5.41, 5.74) is 0. The van der Waals surface area contributed by atoms with E-state index in [2.05, 4.69) is 34.6 Å². The first kappa shape index (κ1) is 24.0. The van der Waals surface area contributed by atoms with Crippen molar-refractivity contribution in [3.05, 3.63) is 5.92 Å². The fourth-order valence-corrected chi connectivity index (χ4v) is 2.15. The van der Waals surface area contributed by atoms with Gasteiger partial charge in [0.15, 0.2) is 0 Å². The van der Waals surface area contributed by atoms with Gasteiger partial charge in [-0.05, 0) is 0 Å². The fourth-order valence-electron chi connectivity index (χ4n) is 2.15. The van der Waals surface area contributed by atoms with E-state index in [-0.39, 0.29) is 36.5 Å². The Bertz CT molecular complexity index is 87.7. The zero-order chi connectivity index (χ0) is 7.89. The predicted molar refractivity (Wildman–Crippen MR) is 56.4 cm³/mol. The van der Waals surface area contributed by atoms with Crippen LogP contribution < -0.4 is 0 Å². The summed E-state index contributed by atoms with van der Waals surface area (Å²) in [4.78, 5) is 0. The van der Waals surface area contributed by atoms with E-state index in [1.54, 1.807) is 5.92 Å². The van der Waals surface area contributed by atoms with Gasteiger partial charge in [-0.25, -0.2) is 0 Å². The van der Waals surface area contributed by atoms with E-state index in [1.165, 1.54) is 0 Å². The molecule has 0 amide bonds. The van der Waals surface area contributed by atoms with Crippen molar-refractivity contribution in [2.24, 2.45) is 23.7 Å². The molecule has 14 heavy (non-hydrogen) atoms. The second-order valence-electron chi connectivity index (χ2n) is 4.04. The Morgan fingerprint density at radius 2 is 0.929 bits per heavy atom. The van der Waals surface area contributed by atoms with Crippen LogP contribution in [0.4, 0.5) is 0 Å². The van der Waals surface area contributed by atoms with Crippen LogP contribution >= 0.6 is 0 Å². The average Bonchev–Trinajstić information content (AvgIpc) is 2.07. The monoisotopic (exact) mass is 386 g/mol. The largest absolute Gasteiger partial charge is 0.412 e. The summed E-state index contributed by atoms with van der Waals surface area (Å²) in [6.07, 6.45) is 0. The molecule has 93 valence electrons. The summed E-state index contributed by atoms with van der Waals surface area (Å²) in [7, 11) is 0. The van der Waals surface area contributed by atoms with Crippen LogP contribution in [0.3, 0.4) is 0 Å². The average molecular weight is 386 g/mol. The van der Waals surface area contributed by atoms with Crippen molar-refractivity contribution in [1.82, 2.24) is 0 Å². The topological polar surface area (TPSA) is 94.5 Å². The van der Waals surface area contributed by atoms with Crippen LogP contribution in [0.5, 0.6) is 0 Å². The normalized spacial score (nSPS) is 35.8. The second-order valence-corrected chi connectivity index (χ2v) is 4.04. The Labute approximate surface area is 101 Å². The maximum atomic E-state index is 2.38. The summed E-state index contributed by atoms with van der Waals surface area (Å²) < 4.78 is 0. The quantitative estimate of drug-likeness (QED) is 0.548. The molecule has 1 aliphatic rings. The molecule has 4 heteroatoms.